The first kappa shape index (κ1) is 9.57. The van der Waals surface area contributed by atoms with E-state index in [4.69, 9.17) is 10.5 Å². The number of anilines is 1. The number of nitrogen functional groups attached to an aromatic ring is 1. The summed E-state index contributed by atoms with van der Waals surface area (Å²) < 4.78 is 5.45. The molecule has 0 saturated carbocycles. The zero-order chi connectivity index (χ0) is 10.3. The van der Waals surface area contributed by atoms with Crippen molar-refractivity contribution in [2.45, 2.75) is 18.9 Å². The summed E-state index contributed by atoms with van der Waals surface area (Å²) >= 11 is 1.63. The molecular weight excluding hydrogens is 210 g/mol. The van der Waals surface area contributed by atoms with Crippen LogP contribution in [0.15, 0.2) is 0 Å². The topological polar surface area (TPSA) is 60.2 Å². The Bertz CT molecular complexity index is 360. The van der Waals surface area contributed by atoms with Crippen molar-refractivity contribution in [3.05, 3.63) is 10.6 Å². The maximum Gasteiger partial charge on any atom is 0.180 e. The largest absolute Gasteiger partial charge is 0.381 e. The lowest BCUT2D eigenvalue weighted by Gasteiger charge is -2.27. The zero-order valence-corrected chi connectivity index (χ0v) is 9.35. The van der Waals surface area contributed by atoms with Crippen LogP contribution >= 0.6 is 11.3 Å². The summed E-state index contributed by atoms with van der Waals surface area (Å²) in [6.45, 7) is 2.78. The summed E-state index contributed by atoms with van der Waals surface area (Å²) in [7, 11) is 0. The van der Waals surface area contributed by atoms with Crippen LogP contribution in [0.2, 0.25) is 0 Å². The van der Waals surface area contributed by atoms with Crippen molar-refractivity contribution in [1.82, 2.24) is 10.3 Å². The van der Waals surface area contributed by atoms with Crippen molar-refractivity contribution >= 4 is 16.5 Å². The van der Waals surface area contributed by atoms with Gasteiger partial charge in [-0.05, 0) is 6.42 Å². The van der Waals surface area contributed by atoms with E-state index in [0.29, 0.717) is 17.1 Å². The van der Waals surface area contributed by atoms with Crippen molar-refractivity contribution in [3.8, 4) is 0 Å². The molecule has 1 fully saturated rings. The van der Waals surface area contributed by atoms with Crippen molar-refractivity contribution in [2.24, 2.45) is 5.92 Å². The number of rotatable bonds is 1. The summed E-state index contributed by atoms with van der Waals surface area (Å²) in [5.74, 6) is 0.601. The molecule has 0 spiro atoms. The fraction of sp³-hybridized carbons (Fsp3) is 0.700. The highest BCUT2D eigenvalue weighted by atomic mass is 32.1. The molecule has 0 bridgehead atoms. The van der Waals surface area contributed by atoms with Crippen LogP contribution in [0, 0.1) is 5.92 Å². The van der Waals surface area contributed by atoms with Crippen LogP contribution in [0.1, 0.15) is 23.0 Å². The predicted octanol–water partition coefficient (Wildman–Crippen LogP) is 0.949. The average molecular weight is 225 g/mol. The maximum atomic E-state index is 5.77. The predicted molar refractivity (Wildman–Crippen MR) is 59.9 cm³/mol. The number of nitrogens with zero attached hydrogens (tertiary/aromatic N) is 1. The van der Waals surface area contributed by atoms with Gasteiger partial charge >= 0.3 is 0 Å². The summed E-state index contributed by atoms with van der Waals surface area (Å²) in [4.78, 5) is 5.73. The van der Waals surface area contributed by atoms with E-state index in [2.05, 4.69) is 10.3 Å². The molecule has 0 aliphatic carbocycles. The smallest absolute Gasteiger partial charge is 0.180 e. The molecule has 2 aliphatic heterocycles. The third-order valence-corrected chi connectivity index (χ3v) is 4.20. The van der Waals surface area contributed by atoms with Crippen molar-refractivity contribution in [3.63, 3.8) is 0 Å². The molecule has 0 unspecified atom stereocenters. The van der Waals surface area contributed by atoms with Crippen LogP contribution in [0.4, 0.5) is 5.13 Å². The van der Waals surface area contributed by atoms with Gasteiger partial charge in [0, 0.05) is 36.4 Å². The minimum Gasteiger partial charge on any atom is -0.381 e. The monoisotopic (exact) mass is 225 g/mol. The fourth-order valence-corrected chi connectivity index (χ4v) is 3.49. The molecule has 1 aromatic heterocycles. The van der Waals surface area contributed by atoms with Gasteiger partial charge in [0.1, 0.15) is 0 Å². The lowest BCUT2D eigenvalue weighted by molar-refractivity contribution is 0.176. The van der Waals surface area contributed by atoms with E-state index in [-0.39, 0.29) is 0 Å². The minimum atomic E-state index is 0.422. The van der Waals surface area contributed by atoms with E-state index >= 15 is 0 Å². The number of nitrogens with one attached hydrogen (secondary N) is 1. The molecule has 82 valence electrons. The fourth-order valence-electron chi connectivity index (χ4n) is 2.44. The molecule has 3 rings (SSSR count). The van der Waals surface area contributed by atoms with E-state index < -0.39 is 0 Å². The number of fused-ring (bicyclic) bond motifs is 1. The second-order valence-electron chi connectivity index (χ2n) is 4.17. The Kier molecular flexibility index (Phi) is 2.38. The van der Waals surface area contributed by atoms with Gasteiger partial charge in [0.25, 0.3) is 0 Å². The summed E-state index contributed by atoms with van der Waals surface area (Å²) in [6.07, 6.45) is 2.15. The Balaban J connectivity index is 1.90. The van der Waals surface area contributed by atoms with Crippen LogP contribution in [0.3, 0.4) is 0 Å². The maximum absolute atomic E-state index is 5.77. The highest BCUT2D eigenvalue weighted by molar-refractivity contribution is 7.15. The van der Waals surface area contributed by atoms with Gasteiger partial charge in [-0.1, -0.05) is 0 Å². The molecule has 0 amide bonds. The summed E-state index contributed by atoms with van der Waals surface area (Å²) in [5, 5.41) is 4.27. The second-order valence-corrected chi connectivity index (χ2v) is 5.23. The Morgan fingerprint density at radius 3 is 3.27 bits per heavy atom. The van der Waals surface area contributed by atoms with Gasteiger partial charge in [-0.2, -0.15) is 0 Å². The first-order chi connectivity index (χ1) is 7.34. The molecule has 0 aromatic carbocycles. The Morgan fingerprint density at radius 2 is 2.47 bits per heavy atom. The molecule has 15 heavy (non-hydrogen) atoms. The number of ether oxygens (including phenoxy) is 1. The first-order valence-electron chi connectivity index (χ1n) is 5.41. The van der Waals surface area contributed by atoms with E-state index in [1.165, 1.54) is 10.6 Å². The second kappa shape index (κ2) is 3.73. The molecule has 2 aliphatic rings. The number of hydrogen-bond donors (Lipinski definition) is 2. The molecule has 5 heteroatoms. The molecule has 2 atom stereocenters. The lowest BCUT2D eigenvalue weighted by Crippen LogP contribution is -2.34. The van der Waals surface area contributed by atoms with Gasteiger partial charge in [-0.3, -0.25) is 0 Å². The lowest BCUT2D eigenvalue weighted by atomic mass is 9.94. The first-order valence-corrected chi connectivity index (χ1v) is 6.22. The molecule has 0 radical (unpaired) electrons. The van der Waals surface area contributed by atoms with E-state index in [0.717, 1.165) is 32.6 Å². The van der Waals surface area contributed by atoms with Gasteiger partial charge in [0.05, 0.1) is 12.3 Å². The van der Waals surface area contributed by atoms with Crippen LogP contribution < -0.4 is 11.1 Å². The molecule has 4 nitrogen and oxygen atoms in total. The van der Waals surface area contributed by atoms with Crippen LogP contribution in [-0.4, -0.2) is 24.7 Å². The van der Waals surface area contributed by atoms with Crippen LogP contribution in [0.25, 0.3) is 0 Å². The third kappa shape index (κ3) is 1.64. The number of thiazole rings is 1. The Hall–Kier alpha value is -0.650. The van der Waals surface area contributed by atoms with Crippen molar-refractivity contribution in [2.75, 3.05) is 25.5 Å². The quantitative estimate of drug-likeness (QED) is 0.747. The molecule has 3 heterocycles. The number of nitrogens with two attached hydrogens (primary N) is 1. The van der Waals surface area contributed by atoms with Gasteiger partial charge in [0.15, 0.2) is 5.13 Å². The Morgan fingerprint density at radius 1 is 1.53 bits per heavy atom. The van der Waals surface area contributed by atoms with Gasteiger partial charge in [0.2, 0.25) is 0 Å². The van der Waals surface area contributed by atoms with Crippen molar-refractivity contribution < 1.29 is 4.74 Å². The van der Waals surface area contributed by atoms with E-state index in [9.17, 15) is 0 Å². The number of aromatic nitrogens is 1. The van der Waals surface area contributed by atoms with E-state index in [1.54, 1.807) is 11.3 Å². The van der Waals surface area contributed by atoms with Gasteiger partial charge < -0.3 is 15.8 Å². The Labute approximate surface area is 92.8 Å². The highest BCUT2D eigenvalue weighted by Gasteiger charge is 2.32. The zero-order valence-electron chi connectivity index (χ0n) is 8.53. The van der Waals surface area contributed by atoms with Crippen LogP contribution in [-0.2, 0) is 11.2 Å². The van der Waals surface area contributed by atoms with Gasteiger partial charge in [-0.15, -0.1) is 11.3 Å². The minimum absolute atomic E-state index is 0.422. The summed E-state index contributed by atoms with van der Waals surface area (Å²) in [6, 6.07) is 0.422. The van der Waals surface area contributed by atoms with Crippen LogP contribution in [0.5, 0.6) is 0 Å². The molecule has 1 aromatic rings. The molecular formula is C10H15N3OS. The molecule has 3 N–H and O–H groups in total. The normalized spacial score (nSPS) is 30.4. The molecule has 1 saturated heterocycles. The standard InChI is InChI=1S/C10H15N3OS/c11-10-13-7-1-3-12-8(9(7)15-10)6-2-4-14-5-6/h6,8,12H,1-5H2,(H2,11,13)/t6-,8+/m1/s1. The summed E-state index contributed by atoms with van der Waals surface area (Å²) in [5.41, 5.74) is 6.97. The van der Waals surface area contributed by atoms with Gasteiger partial charge in [-0.25, -0.2) is 4.98 Å². The SMILES string of the molecule is Nc1nc2c(s1)[C@H]([C@@H]1CCOC1)NCC2. The third-order valence-electron chi connectivity index (χ3n) is 3.19. The number of hydrogen-bond acceptors (Lipinski definition) is 5. The average Bonchev–Trinajstić information content (AvgIpc) is 2.82. The highest BCUT2D eigenvalue weighted by Crippen LogP contribution is 2.37. The van der Waals surface area contributed by atoms with Crippen molar-refractivity contribution in [1.29, 1.82) is 0 Å². The van der Waals surface area contributed by atoms with E-state index in [1.807, 2.05) is 0 Å².